The number of hydrogen-bond acceptors (Lipinski definition) is 9. The van der Waals surface area contributed by atoms with E-state index in [9.17, 15) is 14.4 Å². The van der Waals surface area contributed by atoms with Gasteiger partial charge in [0.2, 0.25) is 23.5 Å². The van der Waals surface area contributed by atoms with Crippen molar-refractivity contribution in [2.75, 3.05) is 0 Å². The van der Waals surface area contributed by atoms with Crippen LogP contribution >= 0.6 is 0 Å². The van der Waals surface area contributed by atoms with Gasteiger partial charge in [0.05, 0.1) is 11.9 Å². The summed E-state index contributed by atoms with van der Waals surface area (Å²) in [5.41, 5.74) is 2.13. The minimum Gasteiger partial charge on any atom is -0.408 e. The molecule has 0 spiro atoms. The summed E-state index contributed by atoms with van der Waals surface area (Å²) in [7, 11) is 0. The number of benzene rings is 1. The van der Waals surface area contributed by atoms with Crippen LogP contribution in [0.15, 0.2) is 50.5 Å². The topological polar surface area (TPSA) is 146 Å². The maximum atomic E-state index is 12.4. The van der Waals surface area contributed by atoms with Crippen LogP contribution in [0.5, 0.6) is 0 Å². The molecule has 150 valence electrons. The first kappa shape index (κ1) is 17.9. The third-order valence-corrected chi connectivity index (χ3v) is 4.83. The smallest absolute Gasteiger partial charge is 0.408 e. The molecule has 0 bridgehead atoms. The Bertz CT molecular complexity index is 1320. The van der Waals surface area contributed by atoms with Crippen LogP contribution in [-0.4, -0.2) is 36.5 Å². The molecule has 1 saturated heterocycles. The van der Waals surface area contributed by atoms with Crippen LogP contribution in [0.25, 0.3) is 22.6 Å². The molecule has 1 N–H and O–H groups in total. The molecule has 1 aliphatic rings. The maximum Gasteiger partial charge on any atom is 0.420 e. The molecule has 0 saturated carbocycles. The molecule has 1 aromatic carbocycles. The van der Waals surface area contributed by atoms with Crippen LogP contribution in [0.4, 0.5) is 0 Å². The fourth-order valence-electron chi connectivity index (χ4n) is 3.44. The highest BCUT2D eigenvalue weighted by molar-refractivity contribution is 6.00. The second kappa shape index (κ2) is 7.03. The first-order chi connectivity index (χ1) is 14.6. The monoisotopic (exact) mass is 406 g/mol. The van der Waals surface area contributed by atoms with Crippen molar-refractivity contribution in [2.24, 2.45) is 0 Å². The minimum atomic E-state index is -0.806. The van der Waals surface area contributed by atoms with Crippen LogP contribution in [0, 0.1) is 0 Å². The zero-order valence-corrected chi connectivity index (χ0v) is 15.4. The maximum absolute atomic E-state index is 12.4. The number of aromatic nitrogens is 5. The summed E-state index contributed by atoms with van der Waals surface area (Å²) in [6, 6.07) is 6.02. The second-order valence-corrected chi connectivity index (χ2v) is 6.79. The molecule has 11 heteroatoms. The molecule has 3 aromatic heterocycles. The fourth-order valence-corrected chi connectivity index (χ4v) is 3.44. The Morgan fingerprint density at radius 2 is 2.10 bits per heavy atom. The van der Waals surface area contributed by atoms with Crippen molar-refractivity contribution in [1.29, 1.82) is 0 Å². The Kier molecular flexibility index (Phi) is 4.20. The highest BCUT2D eigenvalue weighted by Gasteiger charge is 2.31. The van der Waals surface area contributed by atoms with Gasteiger partial charge in [0.15, 0.2) is 5.58 Å². The Balaban J connectivity index is 1.47. The van der Waals surface area contributed by atoms with Crippen molar-refractivity contribution in [1.82, 2.24) is 30.0 Å². The average Bonchev–Trinajstić information content (AvgIpc) is 3.33. The molecule has 1 atom stereocenters. The third-order valence-electron chi connectivity index (χ3n) is 4.83. The molecule has 0 aliphatic carbocycles. The number of piperidine rings is 1. The molecule has 1 unspecified atom stereocenters. The molecule has 11 nitrogen and oxygen atoms in total. The molecule has 4 aromatic rings. The van der Waals surface area contributed by atoms with E-state index in [0.29, 0.717) is 34.9 Å². The lowest BCUT2D eigenvalue weighted by atomic mass is 10.1. The van der Waals surface area contributed by atoms with Crippen LogP contribution in [0.1, 0.15) is 30.3 Å². The minimum absolute atomic E-state index is 0.156. The van der Waals surface area contributed by atoms with Gasteiger partial charge in [-0.3, -0.25) is 19.5 Å². The van der Waals surface area contributed by atoms with E-state index in [0.717, 1.165) is 5.56 Å². The molecule has 30 heavy (non-hydrogen) atoms. The summed E-state index contributed by atoms with van der Waals surface area (Å²) in [6.07, 6.45) is 3.67. The molecule has 4 heterocycles. The number of amides is 2. The summed E-state index contributed by atoms with van der Waals surface area (Å²) in [5, 5.41) is 6.18. The van der Waals surface area contributed by atoms with E-state index < -0.39 is 17.7 Å². The number of nitrogens with zero attached hydrogens (tertiary/aromatic N) is 5. The predicted molar refractivity (Wildman–Crippen MR) is 100 cm³/mol. The van der Waals surface area contributed by atoms with Gasteiger partial charge in [-0.2, -0.15) is 4.98 Å². The lowest BCUT2D eigenvalue weighted by Gasteiger charge is -2.21. The van der Waals surface area contributed by atoms with Gasteiger partial charge in [-0.1, -0.05) is 11.2 Å². The number of nitrogens with one attached hydrogen (secondary N) is 1. The summed E-state index contributed by atoms with van der Waals surface area (Å²) in [6.45, 7) is 0. The Hall–Kier alpha value is -4.15. The Morgan fingerprint density at radius 3 is 2.90 bits per heavy atom. The summed E-state index contributed by atoms with van der Waals surface area (Å²) in [4.78, 5) is 48.3. The van der Waals surface area contributed by atoms with Crippen molar-refractivity contribution in [3.8, 4) is 11.5 Å². The van der Waals surface area contributed by atoms with Crippen molar-refractivity contribution in [3.63, 3.8) is 0 Å². The lowest BCUT2D eigenvalue weighted by molar-refractivity contribution is -0.135. The zero-order chi connectivity index (χ0) is 20.7. The number of hydrogen-bond donors (Lipinski definition) is 1. The Labute approximate surface area is 167 Å². The lowest BCUT2D eigenvalue weighted by Crippen LogP contribution is -2.43. The van der Waals surface area contributed by atoms with Gasteiger partial charge >= 0.3 is 5.76 Å². The van der Waals surface area contributed by atoms with Gasteiger partial charge in [-0.25, -0.2) is 14.8 Å². The van der Waals surface area contributed by atoms with E-state index in [1.807, 2.05) is 0 Å². The van der Waals surface area contributed by atoms with Crippen LogP contribution in [0.2, 0.25) is 0 Å². The SMILES string of the molecule is O=C1CCC(n2c(=O)oc3ccc(Cc4nc(-c5ccncn5)no4)cc32)C(=O)N1. The number of rotatable bonds is 4. The molecule has 2 amide bonds. The van der Waals surface area contributed by atoms with Gasteiger partial charge in [-0.05, 0) is 30.2 Å². The van der Waals surface area contributed by atoms with Gasteiger partial charge in [0, 0.05) is 12.6 Å². The number of fused-ring (bicyclic) bond motifs is 1. The largest absolute Gasteiger partial charge is 0.420 e. The van der Waals surface area contributed by atoms with E-state index in [2.05, 4.69) is 25.4 Å². The summed E-state index contributed by atoms with van der Waals surface area (Å²) in [5.74, 6) is -0.819. The second-order valence-electron chi connectivity index (χ2n) is 6.79. The molecular weight excluding hydrogens is 392 g/mol. The van der Waals surface area contributed by atoms with Gasteiger partial charge in [-0.15, -0.1) is 0 Å². The average molecular weight is 406 g/mol. The summed E-state index contributed by atoms with van der Waals surface area (Å²) < 4.78 is 11.9. The van der Waals surface area contributed by atoms with Crippen molar-refractivity contribution in [3.05, 3.63) is 58.8 Å². The molecule has 0 radical (unpaired) electrons. The quantitative estimate of drug-likeness (QED) is 0.490. The number of carbonyl (C=O) groups is 2. The van der Waals surface area contributed by atoms with E-state index >= 15 is 0 Å². The number of imide groups is 1. The molecule has 5 rings (SSSR count). The summed E-state index contributed by atoms with van der Waals surface area (Å²) >= 11 is 0. The van der Waals surface area contributed by atoms with Crippen molar-refractivity contribution >= 4 is 22.9 Å². The molecule has 1 fully saturated rings. The van der Waals surface area contributed by atoms with Crippen LogP contribution in [-0.2, 0) is 16.0 Å². The number of oxazole rings is 1. The number of carbonyl (C=O) groups excluding carboxylic acids is 2. The highest BCUT2D eigenvalue weighted by atomic mass is 16.5. The van der Waals surface area contributed by atoms with Gasteiger partial charge in [0.25, 0.3) is 0 Å². The standard InChI is InChI=1S/C19H14N6O5/c26-15-4-2-12(18(27)22-15)25-13-7-10(1-3-14(13)29-19(25)28)8-16-23-17(24-30-16)11-5-6-20-9-21-11/h1,3,5-7,9,12H,2,4,8H2,(H,22,26,27). The first-order valence-electron chi connectivity index (χ1n) is 9.15. The van der Waals surface area contributed by atoms with E-state index in [1.54, 1.807) is 30.5 Å². The van der Waals surface area contributed by atoms with Gasteiger partial charge < -0.3 is 8.94 Å². The van der Waals surface area contributed by atoms with Crippen LogP contribution in [0.3, 0.4) is 0 Å². The Morgan fingerprint density at radius 1 is 1.20 bits per heavy atom. The normalized spacial score (nSPS) is 16.7. The highest BCUT2D eigenvalue weighted by Crippen LogP contribution is 2.25. The van der Waals surface area contributed by atoms with E-state index in [4.69, 9.17) is 8.94 Å². The van der Waals surface area contributed by atoms with E-state index in [-0.39, 0.29) is 18.7 Å². The third kappa shape index (κ3) is 3.15. The van der Waals surface area contributed by atoms with Gasteiger partial charge in [0.1, 0.15) is 18.1 Å². The molecule has 1 aliphatic heterocycles. The molecular formula is C19H14N6O5. The first-order valence-corrected chi connectivity index (χ1v) is 9.15. The van der Waals surface area contributed by atoms with Crippen molar-refractivity contribution in [2.45, 2.75) is 25.3 Å². The van der Waals surface area contributed by atoms with E-state index in [1.165, 1.54) is 10.9 Å². The zero-order valence-electron chi connectivity index (χ0n) is 15.4. The van der Waals surface area contributed by atoms with Crippen molar-refractivity contribution < 1.29 is 18.5 Å². The predicted octanol–water partition coefficient (Wildman–Crippen LogP) is 1.00. The van der Waals surface area contributed by atoms with Crippen LogP contribution < -0.4 is 11.1 Å². The fraction of sp³-hybridized carbons (Fsp3) is 0.211.